The van der Waals surface area contributed by atoms with Crippen molar-refractivity contribution in [3.8, 4) is 17.7 Å². The number of aromatic nitrogens is 3. The maximum Gasteiger partial charge on any atom is 0.434 e. The average molecular weight is 542 g/mol. The summed E-state index contributed by atoms with van der Waals surface area (Å²) in [6, 6.07) is 13.2. The lowest BCUT2D eigenvalue weighted by molar-refractivity contribution is 0.00809. The number of hydrogen-bond acceptors (Lipinski definition) is 7. The van der Waals surface area contributed by atoms with Crippen molar-refractivity contribution in [2.24, 2.45) is 5.92 Å². The maximum absolute atomic E-state index is 15.5. The third-order valence-electron chi connectivity index (χ3n) is 6.52. The van der Waals surface area contributed by atoms with Crippen LogP contribution in [-0.2, 0) is 0 Å². The number of aromatic amines is 1. The highest BCUT2D eigenvalue weighted by atomic mass is 35.5. The van der Waals surface area contributed by atoms with Gasteiger partial charge in [0.1, 0.15) is 22.2 Å². The van der Waals surface area contributed by atoms with E-state index in [1.807, 2.05) is 18.2 Å². The molecule has 0 bridgehead atoms. The summed E-state index contributed by atoms with van der Waals surface area (Å²) in [4.78, 5) is 18.2. The highest BCUT2D eigenvalue weighted by molar-refractivity contribution is 7.10. The number of hydrogen-bond donors (Lipinski definition) is 1. The van der Waals surface area contributed by atoms with E-state index in [1.54, 1.807) is 23.6 Å². The molecule has 190 valence electrons. The van der Waals surface area contributed by atoms with Gasteiger partial charge in [0, 0.05) is 29.4 Å². The Hall–Kier alpha value is -3.39. The van der Waals surface area contributed by atoms with Crippen molar-refractivity contribution in [2.75, 3.05) is 13.1 Å². The van der Waals surface area contributed by atoms with Crippen LogP contribution in [0, 0.1) is 23.1 Å². The summed E-state index contributed by atoms with van der Waals surface area (Å²) in [6.45, 7) is 4.02. The quantitative estimate of drug-likeness (QED) is 0.322. The Balaban J connectivity index is 1.46. The summed E-state index contributed by atoms with van der Waals surface area (Å²) in [5, 5.41) is 18.5. The molecule has 1 saturated heterocycles. The fraction of sp³-hybridized carbons (Fsp3) is 0.308. The zero-order chi connectivity index (χ0) is 26.3. The van der Waals surface area contributed by atoms with E-state index in [0.717, 1.165) is 16.6 Å². The molecule has 0 saturated carbocycles. The number of nitrogens with zero attached hydrogens (tertiary/aromatic N) is 4. The molecule has 2 aromatic carbocycles. The highest BCUT2D eigenvalue weighted by Gasteiger charge is 2.46. The Morgan fingerprint density at radius 3 is 2.59 bits per heavy atom. The molecule has 37 heavy (non-hydrogen) atoms. The first kappa shape index (κ1) is 25.3. The van der Waals surface area contributed by atoms with Crippen LogP contribution in [0.1, 0.15) is 47.5 Å². The topological polar surface area (TPSA) is 98.8 Å². The summed E-state index contributed by atoms with van der Waals surface area (Å²) in [5.41, 5.74) is 0.377. The Morgan fingerprint density at radius 2 is 1.97 bits per heavy atom. The van der Waals surface area contributed by atoms with Crippen molar-refractivity contribution in [1.82, 2.24) is 20.1 Å². The van der Waals surface area contributed by atoms with Gasteiger partial charge in [-0.25, -0.2) is 23.7 Å². The van der Waals surface area contributed by atoms with Crippen LogP contribution >= 0.6 is 22.9 Å². The highest BCUT2D eigenvalue weighted by Crippen LogP contribution is 2.46. The van der Waals surface area contributed by atoms with Crippen LogP contribution < -0.4 is 5.76 Å². The molecule has 3 heterocycles. The van der Waals surface area contributed by atoms with Gasteiger partial charge in [-0.05, 0) is 61.2 Å². The molecule has 1 aliphatic rings. The van der Waals surface area contributed by atoms with E-state index in [1.165, 1.54) is 31.3 Å². The predicted molar refractivity (Wildman–Crippen MR) is 136 cm³/mol. The van der Waals surface area contributed by atoms with Gasteiger partial charge in [-0.1, -0.05) is 23.7 Å². The van der Waals surface area contributed by atoms with Gasteiger partial charge >= 0.3 is 5.76 Å². The molecule has 11 heteroatoms. The smallest absolute Gasteiger partial charge is 0.386 e. The van der Waals surface area contributed by atoms with Gasteiger partial charge in [-0.3, -0.25) is 4.90 Å². The van der Waals surface area contributed by atoms with Crippen LogP contribution in [0.5, 0.6) is 0 Å². The van der Waals surface area contributed by atoms with Crippen molar-refractivity contribution in [3.63, 3.8) is 0 Å². The molecule has 0 amide bonds. The SMILES string of the molecule is CC(C)(F)[C@H](c1cc(F)cc(C#N)c1)C1CN(C(c2ccc(Cl)cc2)c2nc(-c3n[nH]c(=O)o3)cs2)C1. The molecule has 2 aromatic heterocycles. The lowest BCUT2D eigenvalue weighted by atomic mass is 9.72. The van der Waals surface area contributed by atoms with Crippen molar-refractivity contribution >= 4 is 22.9 Å². The Kier molecular flexibility index (Phi) is 6.70. The van der Waals surface area contributed by atoms with E-state index in [9.17, 15) is 14.4 Å². The second-order valence-electron chi connectivity index (χ2n) is 9.58. The predicted octanol–water partition coefficient (Wildman–Crippen LogP) is 5.70. The summed E-state index contributed by atoms with van der Waals surface area (Å²) in [6.07, 6.45) is 0. The Bertz CT molecular complexity index is 1510. The molecule has 2 atom stereocenters. The van der Waals surface area contributed by atoms with Crippen molar-refractivity contribution in [3.05, 3.63) is 90.9 Å². The van der Waals surface area contributed by atoms with Crippen LogP contribution in [0.15, 0.2) is 57.1 Å². The minimum absolute atomic E-state index is 0.0995. The molecule has 1 aliphatic heterocycles. The maximum atomic E-state index is 15.5. The van der Waals surface area contributed by atoms with Crippen molar-refractivity contribution < 1.29 is 13.2 Å². The van der Waals surface area contributed by atoms with Gasteiger partial charge in [0.2, 0.25) is 0 Å². The van der Waals surface area contributed by atoms with E-state index in [2.05, 4.69) is 20.1 Å². The molecule has 0 spiro atoms. The standard InChI is InChI=1S/C26H22ClF2N5O2S/c1-26(2,29)21(16-7-14(10-30)8-19(28)9-16)17-11-34(12-17)22(15-3-5-18(27)6-4-15)24-31-20(13-37-24)23-32-33-25(35)36-23/h3-9,13,17,21-22H,11-12H2,1-2H3,(H,33,35)/t21-,22?/m1/s1. The Morgan fingerprint density at radius 1 is 1.24 bits per heavy atom. The number of benzene rings is 2. The zero-order valence-corrected chi connectivity index (χ0v) is 21.5. The third kappa shape index (κ3) is 5.21. The summed E-state index contributed by atoms with van der Waals surface area (Å²) in [5.74, 6) is -1.85. The van der Waals surface area contributed by atoms with Crippen LogP contribution in [-0.4, -0.2) is 38.8 Å². The first-order chi connectivity index (χ1) is 17.6. The fourth-order valence-corrected chi connectivity index (χ4v) is 6.14. The van der Waals surface area contributed by atoms with Gasteiger partial charge in [0.25, 0.3) is 5.89 Å². The third-order valence-corrected chi connectivity index (χ3v) is 7.67. The molecule has 1 unspecified atom stereocenters. The molecular formula is C26H22ClF2N5O2S. The summed E-state index contributed by atoms with van der Waals surface area (Å²) >= 11 is 7.52. The van der Waals surface area contributed by atoms with Gasteiger partial charge in [-0.15, -0.1) is 16.4 Å². The van der Waals surface area contributed by atoms with Crippen LogP contribution in [0.25, 0.3) is 11.6 Å². The van der Waals surface area contributed by atoms with Crippen LogP contribution in [0.2, 0.25) is 5.02 Å². The largest absolute Gasteiger partial charge is 0.434 e. The number of halogens is 3. The van der Waals surface area contributed by atoms with Gasteiger partial charge in [0.05, 0.1) is 17.7 Å². The normalized spacial score (nSPS) is 16.2. The molecule has 7 nitrogen and oxygen atoms in total. The first-order valence-electron chi connectivity index (χ1n) is 11.5. The van der Waals surface area contributed by atoms with Gasteiger partial charge in [0.15, 0.2) is 0 Å². The number of rotatable bonds is 7. The molecule has 1 fully saturated rings. The minimum Gasteiger partial charge on any atom is -0.386 e. The van der Waals surface area contributed by atoms with Crippen molar-refractivity contribution in [1.29, 1.82) is 5.26 Å². The van der Waals surface area contributed by atoms with Crippen LogP contribution in [0.4, 0.5) is 8.78 Å². The molecule has 1 N–H and O–H groups in total. The second-order valence-corrected chi connectivity index (χ2v) is 10.9. The number of nitriles is 1. The minimum atomic E-state index is -1.64. The monoisotopic (exact) mass is 541 g/mol. The number of likely N-dealkylation sites (tertiary alicyclic amines) is 1. The number of nitrogens with one attached hydrogen (secondary N) is 1. The zero-order valence-electron chi connectivity index (χ0n) is 19.9. The summed E-state index contributed by atoms with van der Waals surface area (Å²) < 4.78 is 34.8. The molecule has 5 rings (SSSR count). The molecule has 0 aliphatic carbocycles. The average Bonchev–Trinajstić information content (AvgIpc) is 3.46. The second kappa shape index (κ2) is 9.82. The lowest BCUT2D eigenvalue weighted by Gasteiger charge is -2.49. The lowest BCUT2D eigenvalue weighted by Crippen LogP contribution is -2.53. The van der Waals surface area contributed by atoms with E-state index in [4.69, 9.17) is 16.0 Å². The summed E-state index contributed by atoms with van der Waals surface area (Å²) in [7, 11) is 0. The van der Waals surface area contributed by atoms with Crippen molar-refractivity contribution in [2.45, 2.75) is 31.5 Å². The number of alkyl halides is 1. The number of thiazole rings is 1. The van der Waals surface area contributed by atoms with Gasteiger partial charge in [-0.2, -0.15) is 5.26 Å². The van der Waals surface area contributed by atoms with E-state index < -0.39 is 23.2 Å². The molecule has 4 aromatic rings. The van der Waals surface area contributed by atoms with Crippen LogP contribution in [0.3, 0.4) is 0 Å². The number of H-pyrrole nitrogens is 1. The first-order valence-corrected chi connectivity index (χ1v) is 12.8. The molecular weight excluding hydrogens is 520 g/mol. The fourth-order valence-electron chi connectivity index (χ4n) is 5.06. The molecule has 0 radical (unpaired) electrons. The van der Waals surface area contributed by atoms with E-state index >= 15 is 4.39 Å². The van der Waals surface area contributed by atoms with E-state index in [-0.39, 0.29) is 23.4 Å². The van der Waals surface area contributed by atoms with Gasteiger partial charge < -0.3 is 4.42 Å². The Labute approximate surface area is 220 Å². The van der Waals surface area contributed by atoms with E-state index in [0.29, 0.717) is 29.4 Å².